The number of thiazole rings is 1. The quantitative estimate of drug-likeness (QED) is 0.577. The highest BCUT2D eigenvalue weighted by Gasteiger charge is 2.16. The summed E-state index contributed by atoms with van der Waals surface area (Å²) in [4.78, 5) is 29.1. The second kappa shape index (κ2) is 8.69. The fourth-order valence-corrected chi connectivity index (χ4v) is 4.12. The molecule has 0 N–H and O–H groups in total. The van der Waals surface area contributed by atoms with Crippen molar-refractivity contribution < 1.29 is 14.3 Å². The number of rotatable bonds is 5. The summed E-state index contributed by atoms with van der Waals surface area (Å²) in [5, 5.41) is 0.674. The smallest absolute Gasteiger partial charge is 0.326 e. The average Bonchev–Trinajstić information content (AvgIpc) is 2.97. The SMILES string of the molecule is CCOC(=O)Cn1c(=NC(=O)Cc2ccccc2)sc2ccc(Cl)c(Cl)c21. The van der Waals surface area contributed by atoms with Crippen molar-refractivity contribution in [3.63, 3.8) is 0 Å². The molecule has 1 amide bonds. The van der Waals surface area contributed by atoms with Crippen molar-refractivity contribution >= 4 is 56.6 Å². The van der Waals surface area contributed by atoms with Gasteiger partial charge in [0, 0.05) is 0 Å². The van der Waals surface area contributed by atoms with Crippen LogP contribution in [0.25, 0.3) is 10.2 Å². The van der Waals surface area contributed by atoms with E-state index in [4.69, 9.17) is 27.9 Å². The van der Waals surface area contributed by atoms with Crippen LogP contribution in [-0.4, -0.2) is 23.1 Å². The van der Waals surface area contributed by atoms with E-state index < -0.39 is 5.97 Å². The maximum absolute atomic E-state index is 12.4. The van der Waals surface area contributed by atoms with Gasteiger partial charge in [-0.05, 0) is 24.6 Å². The fourth-order valence-electron chi connectivity index (χ4n) is 2.59. The monoisotopic (exact) mass is 422 g/mol. The zero-order valence-corrected chi connectivity index (χ0v) is 16.8. The van der Waals surface area contributed by atoms with Crippen molar-refractivity contribution in [2.45, 2.75) is 19.9 Å². The molecule has 1 aromatic heterocycles. The lowest BCUT2D eigenvalue weighted by atomic mass is 10.1. The first-order valence-electron chi connectivity index (χ1n) is 8.24. The number of halogens is 2. The lowest BCUT2D eigenvalue weighted by molar-refractivity contribution is -0.143. The van der Waals surface area contributed by atoms with Crippen molar-refractivity contribution in [2.75, 3.05) is 6.61 Å². The van der Waals surface area contributed by atoms with Crippen molar-refractivity contribution in [1.82, 2.24) is 4.57 Å². The average molecular weight is 423 g/mol. The molecule has 2 aromatic carbocycles. The van der Waals surface area contributed by atoms with Gasteiger partial charge in [0.05, 0.1) is 33.3 Å². The molecule has 1 heterocycles. The van der Waals surface area contributed by atoms with Gasteiger partial charge in [-0.1, -0.05) is 64.9 Å². The van der Waals surface area contributed by atoms with E-state index in [9.17, 15) is 9.59 Å². The summed E-state index contributed by atoms with van der Waals surface area (Å²) in [6.45, 7) is 1.88. The first-order chi connectivity index (χ1) is 13.0. The molecule has 0 saturated heterocycles. The zero-order chi connectivity index (χ0) is 19.4. The Labute approximate surface area is 169 Å². The minimum Gasteiger partial charge on any atom is -0.465 e. The Bertz CT molecular complexity index is 1060. The molecule has 0 unspecified atom stereocenters. The lowest BCUT2D eigenvalue weighted by Crippen LogP contribution is -2.23. The standard InChI is InChI=1S/C19H16Cl2N2O3S/c1-2-26-16(25)11-23-18-14(9-8-13(20)17(18)21)27-19(23)22-15(24)10-12-6-4-3-5-7-12/h3-9H,2,10-11H2,1H3. The number of esters is 1. The van der Waals surface area contributed by atoms with Gasteiger partial charge in [0.2, 0.25) is 0 Å². The predicted octanol–water partition coefficient (Wildman–Crippen LogP) is 4.24. The Morgan fingerprint density at radius 3 is 2.59 bits per heavy atom. The van der Waals surface area contributed by atoms with Crippen LogP contribution in [0, 0.1) is 0 Å². The molecule has 0 aliphatic rings. The topological polar surface area (TPSA) is 60.7 Å². The number of fused-ring (bicyclic) bond motifs is 1. The Balaban J connectivity index is 2.06. The van der Waals surface area contributed by atoms with Crippen molar-refractivity contribution in [3.8, 4) is 0 Å². The highest BCUT2D eigenvalue weighted by Crippen LogP contribution is 2.32. The molecule has 0 aliphatic carbocycles. The number of ether oxygens (including phenoxy) is 1. The largest absolute Gasteiger partial charge is 0.465 e. The summed E-state index contributed by atoms with van der Waals surface area (Å²) in [7, 11) is 0. The van der Waals surface area contributed by atoms with E-state index in [1.165, 1.54) is 11.3 Å². The van der Waals surface area contributed by atoms with Gasteiger partial charge in [0.25, 0.3) is 5.91 Å². The number of aromatic nitrogens is 1. The third-order valence-corrected chi connectivity index (χ3v) is 5.58. The van der Waals surface area contributed by atoms with Crippen molar-refractivity contribution in [2.24, 2.45) is 4.99 Å². The second-order valence-electron chi connectivity index (χ2n) is 5.65. The van der Waals surface area contributed by atoms with Crippen LogP contribution in [0.4, 0.5) is 0 Å². The Morgan fingerprint density at radius 1 is 1.15 bits per heavy atom. The summed E-state index contributed by atoms with van der Waals surface area (Å²) in [6, 6.07) is 12.8. The molecule has 0 aliphatic heterocycles. The molecule has 0 atom stereocenters. The first-order valence-corrected chi connectivity index (χ1v) is 9.81. The van der Waals surface area contributed by atoms with Gasteiger partial charge >= 0.3 is 5.97 Å². The van der Waals surface area contributed by atoms with Crippen LogP contribution in [0.2, 0.25) is 10.0 Å². The van der Waals surface area contributed by atoms with Crippen LogP contribution in [-0.2, 0) is 27.3 Å². The van der Waals surface area contributed by atoms with Gasteiger partial charge in [0.15, 0.2) is 4.80 Å². The van der Waals surface area contributed by atoms with Crippen LogP contribution < -0.4 is 4.80 Å². The van der Waals surface area contributed by atoms with Gasteiger partial charge in [0.1, 0.15) is 6.54 Å². The van der Waals surface area contributed by atoms with Gasteiger partial charge in [-0.15, -0.1) is 0 Å². The van der Waals surface area contributed by atoms with E-state index in [1.54, 1.807) is 23.6 Å². The molecule has 0 spiro atoms. The number of carbonyl (C=O) groups is 2. The molecule has 0 bridgehead atoms. The summed E-state index contributed by atoms with van der Waals surface area (Å²) in [5.74, 6) is -0.752. The van der Waals surface area contributed by atoms with Crippen molar-refractivity contribution in [1.29, 1.82) is 0 Å². The third-order valence-electron chi connectivity index (χ3n) is 3.75. The van der Waals surface area contributed by atoms with Crippen LogP contribution in [0.5, 0.6) is 0 Å². The molecular formula is C19H16Cl2N2O3S. The van der Waals surface area contributed by atoms with E-state index >= 15 is 0 Å². The van der Waals surface area contributed by atoms with Gasteiger partial charge in [-0.3, -0.25) is 9.59 Å². The van der Waals surface area contributed by atoms with E-state index in [1.807, 2.05) is 30.3 Å². The number of hydrogen-bond donors (Lipinski definition) is 0. The summed E-state index contributed by atoms with van der Waals surface area (Å²) in [6.07, 6.45) is 0.170. The summed E-state index contributed by atoms with van der Waals surface area (Å²) >= 11 is 13.7. The minimum atomic E-state index is -0.440. The van der Waals surface area contributed by atoms with E-state index in [2.05, 4.69) is 4.99 Å². The minimum absolute atomic E-state index is 0.106. The maximum Gasteiger partial charge on any atom is 0.326 e. The lowest BCUT2D eigenvalue weighted by Gasteiger charge is -2.07. The van der Waals surface area contributed by atoms with Crippen LogP contribution in [0.3, 0.4) is 0 Å². The molecule has 8 heteroatoms. The third kappa shape index (κ3) is 4.58. The van der Waals surface area contributed by atoms with Gasteiger partial charge in [-0.25, -0.2) is 0 Å². The summed E-state index contributed by atoms with van der Waals surface area (Å²) < 4.78 is 7.39. The molecule has 27 heavy (non-hydrogen) atoms. The Hall–Kier alpha value is -2.15. The highest BCUT2D eigenvalue weighted by atomic mass is 35.5. The zero-order valence-electron chi connectivity index (χ0n) is 14.4. The number of benzene rings is 2. The number of amides is 1. The molecule has 140 valence electrons. The fraction of sp³-hybridized carbons (Fsp3) is 0.211. The summed E-state index contributed by atoms with van der Waals surface area (Å²) in [5.41, 5.74) is 1.43. The molecule has 0 radical (unpaired) electrons. The predicted molar refractivity (Wildman–Crippen MR) is 107 cm³/mol. The highest BCUT2D eigenvalue weighted by molar-refractivity contribution is 7.16. The van der Waals surface area contributed by atoms with Gasteiger partial charge < -0.3 is 9.30 Å². The number of nitrogens with zero attached hydrogens (tertiary/aromatic N) is 2. The van der Waals surface area contributed by atoms with E-state index in [-0.39, 0.29) is 25.5 Å². The molecule has 0 saturated carbocycles. The number of carbonyl (C=O) groups excluding carboxylic acids is 2. The molecule has 0 fully saturated rings. The van der Waals surface area contributed by atoms with Gasteiger partial charge in [-0.2, -0.15) is 4.99 Å². The van der Waals surface area contributed by atoms with E-state index in [0.29, 0.717) is 20.4 Å². The van der Waals surface area contributed by atoms with Crippen LogP contribution in [0.15, 0.2) is 47.5 Å². The Kier molecular flexibility index (Phi) is 6.31. The normalized spacial score (nSPS) is 11.7. The second-order valence-corrected chi connectivity index (χ2v) is 7.45. The van der Waals surface area contributed by atoms with Crippen LogP contribution in [0.1, 0.15) is 12.5 Å². The molecule has 5 nitrogen and oxygen atoms in total. The first kappa shape index (κ1) is 19.6. The van der Waals surface area contributed by atoms with Crippen LogP contribution >= 0.6 is 34.5 Å². The maximum atomic E-state index is 12.4. The number of hydrogen-bond acceptors (Lipinski definition) is 4. The Morgan fingerprint density at radius 2 is 1.89 bits per heavy atom. The molecular weight excluding hydrogens is 407 g/mol. The molecule has 3 aromatic rings. The van der Waals surface area contributed by atoms with E-state index in [0.717, 1.165) is 10.3 Å². The van der Waals surface area contributed by atoms with Crippen molar-refractivity contribution in [3.05, 3.63) is 62.9 Å². The molecule has 3 rings (SSSR count).